The van der Waals surface area contributed by atoms with Crippen molar-refractivity contribution >= 4 is 0 Å². The zero-order valence-electron chi connectivity index (χ0n) is 13.2. The van der Waals surface area contributed by atoms with Crippen LogP contribution in [0.2, 0.25) is 0 Å². The molecule has 116 valence electrons. The number of piperidine rings is 1. The van der Waals surface area contributed by atoms with Crippen LogP contribution in [0.4, 0.5) is 0 Å². The first-order valence-electron chi connectivity index (χ1n) is 8.66. The third-order valence-electron chi connectivity index (χ3n) is 5.26. The molecule has 0 aromatic heterocycles. The zero-order valence-corrected chi connectivity index (χ0v) is 13.2. The van der Waals surface area contributed by atoms with Gasteiger partial charge in [0.1, 0.15) is 0 Å². The van der Waals surface area contributed by atoms with Crippen LogP contribution < -0.4 is 5.32 Å². The van der Waals surface area contributed by atoms with Crippen molar-refractivity contribution in [3.8, 4) is 0 Å². The second-order valence-electron chi connectivity index (χ2n) is 7.19. The minimum Gasteiger partial charge on any atom is -0.310 e. The van der Waals surface area contributed by atoms with E-state index in [0.717, 1.165) is 5.92 Å². The van der Waals surface area contributed by atoms with Crippen molar-refractivity contribution in [3.05, 3.63) is 0 Å². The first-order valence-corrected chi connectivity index (χ1v) is 8.66. The van der Waals surface area contributed by atoms with E-state index in [4.69, 9.17) is 0 Å². The third kappa shape index (κ3) is 4.17. The average molecular weight is 280 g/mol. The summed E-state index contributed by atoms with van der Waals surface area (Å²) in [7, 11) is 2.28. The number of rotatable bonds is 4. The molecular weight excluding hydrogens is 248 g/mol. The number of piperazine rings is 1. The minimum absolute atomic E-state index is 0.697. The van der Waals surface area contributed by atoms with Crippen LogP contribution in [0.5, 0.6) is 0 Å². The SMILES string of the molecule is CN1CCCC(CN2CCNC(CN3CCCC3)C2)C1. The van der Waals surface area contributed by atoms with Crippen LogP contribution in [-0.2, 0) is 0 Å². The van der Waals surface area contributed by atoms with Crippen LogP contribution in [0.3, 0.4) is 0 Å². The number of likely N-dealkylation sites (tertiary alicyclic amines) is 2. The van der Waals surface area contributed by atoms with Gasteiger partial charge >= 0.3 is 0 Å². The molecule has 3 heterocycles. The van der Waals surface area contributed by atoms with Gasteiger partial charge in [-0.1, -0.05) is 0 Å². The fraction of sp³-hybridized carbons (Fsp3) is 1.00. The fourth-order valence-electron chi connectivity index (χ4n) is 4.25. The van der Waals surface area contributed by atoms with Gasteiger partial charge in [-0.3, -0.25) is 0 Å². The van der Waals surface area contributed by atoms with Crippen LogP contribution in [-0.4, -0.2) is 86.7 Å². The molecule has 2 atom stereocenters. The van der Waals surface area contributed by atoms with Crippen molar-refractivity contribution in [1.82, 2.24) is 20.0 Å². The smallest absolute Gasteiger partial charge is 0.0323 e. The molecule has 0 aliphatic carbocycles. The Bertz CT molecular complexity index is 290. The Morgan fingerprint density at radius 3 is 2.55 bits per heavy atom. The van der Waals surface area contributed by atoms with Crippen LogP contribution >= 0.6 is 0 Å². The average Bonchev–Trinajstić information content (AvgIpc) is 2.92. The highest BCUT2D eigenvalue weighted by molar-refractivity contribution is 4.84. The molecule has 0 saturated carbocycles. The van der Waals surface area contributed by atoms with Gasteiger partial charge in [-0.25, -0.2) is 0 Å². The summed E-state index contributed by atoms with van der Waals surface area (Å²) in [5.74, 6) is 0.902. The van der Waals surface area contributed by atoms with E-state index in [2.05, 4.69) is 27.1 Å². The van der Waals surface area contributed by atoms with Gasteiger partial charge < -0.3 is 20.0 Å². The Morgan fingerprint density at radius 1 is 0.900 bits per heavy atom. The van der Waals surface area contributed by atoms with E-state index in [-0.39, 0.29) is 0 Å². The summed E-state index contributed by atoms with van der Waals surface area (Å²) in [6.07, 6.45) is 5.64. The summed E-state index contributed by atoms with van der Waals surface area (Å²) in [6, 6.07) is 0.697. The van der Waals surface area contributed by atoms with Crippen LogP contribution in [0.25, 0.3) is 0 Å². The topological polar surface area (TPSA) is 21.8 Å². The molecule has 4 nitrogen and oxygen atoms in total. The van der Waals surface area contributed by atoms with E-state index in [9.17, 15) is 0 Å². The molecule has 20 heavy (non-hydrogen) atoms. The van der Waals surface area contributed by atoms with Gasteiger partial charge in [0.15, 0.2) is 0 Å². The fourth-order valence-corrected chi connectivity index (χ4v) is 4.25. The molecule has 0 spiro atoms. The maximum absolute atomic E-state index is 3.73. The molecule has 0 amide bonds. The lowest BCUT2D eigenvalue weighted by molar-refractivity contribution is 0.118. The standard InChI is InChI=1S/C16H32N4/c1-18-7-4-5-15(11-18)12-20-10-6-17-16(14-20)13-19-8-2-3-9-19/h15-17H,2-14H2,1H3. The van der Waals surface area contributed by atoms with Gasteiger partial charge in [0.2, 0.25) is 0 Å². The molecule has 3 saturated heterocycles. The highest BCUT2D eigenvalue weighted by Crippen LogP contribution is 2.17. The van der Waals surface area contributed by atoms with Crippen molar-refractivity contribution in [2.45, 2.75) is 31.7 Å². The van der Waals surface area contributed by atoms with E-state index in [1.54, 1.807) is 0 Å². The van der Waals surface area contributed by atoms with Gasteiger partial charge in [0.25, 0.3) is 0 Å². The van der Waals surface area contributed by atoms with Crippen LogP contribution in [0, 0.1) is 5.92 Å². The predicted molar refractivity (Wildman–Crippen MR) is 84.1 cm³/mol. The Balaban J connectivity index is 1.42. The van der Waals surface area contributed by atoms with Crippen molar-refractivity contribution in [2.24, 2.45) is 5.92 Å². The molecule has 3 fully saturated rings. The predicted octanol–water partition coefficient (Wildman–Crippen LogP) is 0.698. The highest BCUT2D eigenvalue weighted by Gasteiger charge is 2.26. The second-order valence-corrected chi connectivity index (χ2v) is 7.19. The number of nitrogens with zero attached hydrogens (tertiary/aromatic N) is 3. The summed E-state index contributed by atoms with van der Waals surface area (Å²) in [6.45, 7) is 11.5. The van der Waals surface area contributed by atoms with E-state index in [1.807, 2.05) is 0 Å². The highest BCUT2D eigenvalue weighted by atomic mass is 15.2. The molecule has 0 radical (unpaired) electrons. The molecule has 4 heteroatoms. The maximum Gasteiger partial charge on any atom is 0.0323 e. The lowest BCUT2D eigenvalue weighted by Gasteiger charge is -2.39. The molecule has 2 unspecified atom stereocenters. The van der Waals surface area contributed by atoms with Crippen molar-refractivity contribution in [2.75, 3.05) is 66.0 Å². The van der Waals surface area contributed by atoms with Gasteiger partial charge in [-0.05, 0) is 58.3 Å². The summed E-state index contributed by atoms with van der Waals surface area (Å²) in [4.78, 5) is 7.88. The molecule has 1 N–H and O–H groups in total. The maximum atomic E-state index is 3.73. The van der Waals surface area contributed by atoms with E-state index < -0.39 is 0 Å². The van der Waals surface area contributed by atoms with Gasteiger partial charge in [-0.15, -0.1) is 0 Å². The molecule has 3 aliphatic rings. The van der Waals surface area contributed by atoms with E-state index in [1.165, 1.54) is 84.6 Å². The Labute approximate surface area is 124 Å². The van der Waals surface area contributed by atoms with Crippen LogP contribution in [0.15, 0.2) is 0 Å². The lowest BCUT2D eigenvalue weighted by Crippen LogP contribution is -2.56. The number of hydrogen-bond acceptors (Lipinski definition) is 4. The number of nitrogens with one attached hydrogen (secondary N) is 1. The molecule has 0 aromatic carbocycles. The zero-order chi connectivity index (χ0) is 13.8. The first-order chi connectivity index (χ1) is 9.79. The summed E-state index contributed by atoms with van der Waals surface area (Å²) < 4.78 is 0. The molecule has 0 bridgehead atoms. The molecule has 3 rings (SSSR count). The van der Waals surface area contributed by atoms with Gasteiger partial charge in [0.05, 0.1) is 0 Å². The normalized spacial score (nSPS) is 34.6. The molecular formula is C16H32N4. The number of hydrogen-bond donors (Lipinski definition) is 1. The second kappa shape index (κ2) is 7.21. The summed E-state index contributed by atoms with van der Waals surface area (Å²) in [5, 5.41) is 3.73. The monoisotopic (exact) mass is 280 g/mol. The molecule has 0 aromatic rings. The largest absolute Gasteiger partial charge is 0.310 e. The lowest BCUT2D eigenvalue weighted by atomic mass is 9.97. The third-order valence-corrected chi connectivity index (χ3v) is 5.26. The summed E-state index contributed by atoms with van der Waals surface area (Å²) in [5.41, 5.74) is 0. The Morgan fingerprint density at radius 2 is 1.75 bits per heavy atom. The molecule has 3 aliphatic heterocycles. The van der Waals surface area contributed by atoms with Crippen molar-refractivity contribution in [3.63, 3.8) is 0 Å². The van der Waals surface area contributed by atoms with Gasteiger partial charge in [-0.2, -0.15) is 0 Å². The van der Waals surface area contributed by atoms with E-state index >= 15 is 0 Å². The van der Waals surface area contributed by atoms with Crippen LogP contribution in [0.1, 0.15) is 25.7 Å². The van der Waals surface area contributed by atoms with E-state index in [0.29, 0.717) is 6.04 Å². The summed E-state index contributed by atoms with van der Waals surface area (Å²) >= 11 is 0. The van der Waals surface area contributed by atoms with Crippen molar-refractivity contribution in [1.29, 1.82) is 0 Å². The van der Waals surface area contributed by atoms with Crippen molar-refractivity contribution < 1.29 is 0 Å². The Hall–Kier alpha value is -0.160. The quantitative estimate of drug-likeness (QED) is 0.818. The minimum atomic E-state index is 0.697. The van der Waals surface area contributed by atoms with Gasteiger partial charge in [0, 0.05) is 45.3 Å². The Kier molecular flexibility index (Phi) is 5.32. The first kappa shape index (κ1) is 14.8.